The van der Waals surface area contributed by atoms with Gasteiger partial charge in [0.15, 0.2) is 11.6 Å². The minimum absolute atomic E-state index is 0.102. The number of carbonyl (C=O) groups excluding carboxylic acids is 2. The second kappa shape index (κ2) is 8.18. The van der Waals surface area contributed by atoms with Gasteiger partial charge >= 0.3 is 0 Å². The maximum absolute atomic E-state index is 13.1. The molecule has 0 spiro atoms. The standard InChI is InChI=1S/C20H15F2N3O2/c21-16-8-7-15(11-17(16)22)25-19(27)12-24-18(26)9-6-14-4-1-3-13-5-2-10-23-20(13)14/h1-11H,12H2,(H,24,26)(H,25,27)/b9-6+. The minimum atomic E-state index is -1.07. The van der Waals surface area contributed by atoms with Gasteiger partial charge in [-0.15, -0.1) is 0 Å². The minimum Gasteiger partial charge on any atom is -0.343 e. The van der Waals surface area contributed by atoms with Gasteiger partial charge in [-0.3, -0.25) is 14.6 Å². The third-order valence-electron chi connectivity index (χ3n) is 3.70. The molecule has 0 saturated heterocycles. The van der Waals surface area contributed by atoms with Gasteiger partial charge in [0.1, 0.15) is 0 Å². The maximum Gasteiger partial charge on any atom is 0.244 e. The van der Waals surface area contributed by atoms with Gasteiger partial charge < -0.3 is 10.6 Å². The van der Waals surface area contributed by atoms with E-state index in [1.54, 1.807) is 12.3 Å². The molecule has 0 atom stereocenters. The predicted molar refractivity (Wildman–Crippen MR) is 98.8 cm³/mol. The molecule has 5 nitrogen and oxygen atoms in total. The fraction of sp³-hybridized carbons (Fsp3) is 0.0500. The van der Waals surface area contributed by atoms with Crippen molar-refractivity contribution in [2.45, 2.75) is 0 Å². The SMILES string of the molecule is O=C(/C=C/c1cccc2cccnc12)NCC(=O)Nc1ccc(F)c(F)c1. The molecule has 3 aromatic rings. The average Bonchev–Trinajstić information content (AvgIpc) is 2.67. The van der Waals surface area contributed by atoms with Crippen LogP contribution in [0.4, 0.5) is 14.5 Å². The number of carbonyl (C=O) groups is 2. The van der Waals surface area contributed by atoms with Gasteiger partial charge in [-0.1, -0.05) is 24.3 Å². The fourth-order valence-electron chi connectivity index (χ4n) is 2.43. The maximum atomic E-state index is 13.1. The summed E-state index contributed by atoms with van der Waals surface area (Å²) in [6.07, 6.45) is 4.58. The van der Waals surface area contributed by atoms with Crippen molar-refractivity contribution in [3.05, 3.63) is 78.0 Å². The van der Waals surface area contributed by atoms with Crippen molar-refractivity contribution in [3.8, 4) is 0 Å². The summed E-state index contributed by atoms with van der Waals surface area (Å²) in [4.78, 5) is 28.0. The van der Waals surface area contributed by atoms with E-state index in [9.17, 15) is 18.4 Å². The first-order valence-corrected chi connectivity index (χ1v) is 8.07. The Bertz CT molecular complexity index is 1030. The van der Waals surface area contributed by atoms with E-state index in [1.807, 2.05) is 30.3 Å². The van der Waals surface area contributed by atoms with Crippen LogP contribution in [0.25, 0.3) is 17.0 Å². The Morgan fingerprint density at radius 3 is 2.67 bits per heavy atom. The van der Waals surface area contributed by atoms with Gasteiger partial charge in [-0.05, 0) is 24.3 Å². The van der Waals surface area contributed by atoms with Crippen LogP contribution in [-0.2, 0) is 9.59 Å². The molecule has 0 bridgehead atoms. The van der Waals surface area contributed by atoms with Crippen LogP contribution in [0.3, 0.4) is 0 Å². The van der Waals surface area contributed by atoms with Gasteiger partial charge in [0.05, 0.1) is 12.1 Å². The number of para-hydroxylation sites is 1. The molecule has 136 valence electrons. The summed E-state index contributed by atoms with van der Waals surface area (Å²) in [5.41, 5.74) is 1.64. The number of hydrogen-bond donors (Lipinski definition) is 2. The van der Waals surface area contributed by atoms with Gasteiger partial charge in [0.25, 0.3) is 0 Å². The Labute approximate surface area is 153 Å². The summed E-state index contributed by atoms with van der Waals surface area (Å²) >= 11 is 0. The number of benzene rings is 2. The van der Waals surface area contributed by atoms with Gasteiger partial charge in [-0.2, -0.15) is 0 Å². The highest BCUT2D eigenvalue weighted by atomic mass is 19.2. The Morgan fingerprint density at radius 2 is 1.85 bits per heavy atom. The number of aromatic nitrogens is 1. The molecule has 2 aromatic carbocycles. The lowest BCUT2D eigenvalue weighted by molar-refractivity contribution is -0.121. The molecule has 2 N–H and O–H groups in total. The van der Waals surface area contributed by atoms with Crippen molar-refractivity contribution in [2.75, 3.05) is 11.9 Å². The molecule has 1 heterocycles. The highest BCUT2D eigenvalue weighted by Gasteiger charge is 2.07. The van der Waals surface area contributed by atoms with E-state index in [0.29, 0.717) is 0 Å². The van der Waals surface area contributed by atoms with Crippen LogP contribution in [0, 0.1) is 11.6 Å². The van der Waals surface area contributed by atoms with Crippen molar-refractivity contribution in [2.24, 2.45) is 0 Å². The van der Waals surface area contributed by atoms with Gasteiger partial charge in [0, 0.05) is 35.0 Å². The Morgan fingerprint density at radius 1 is 1.04 bits per heavy atom. The lowest BCUT2D eigenvalue weighted by Gasteiger charge is -2.06. The van der Waals surface area contributed by atoms with Crippen molar-refractivity contribution < 1.29 is 18.4 Å². The highest BCUT2D eigenvalue weighted by Crippen LogP contribution is 2.17. The molecule has 0 unspecified atom stereocenters. The number of pyridine rings is 1. The zero-order chi connectivity index (χ0) is 19.2. The molecule has 7 heteroatoms. The van der Waals surface area contributed by atoms with Crippen LogP contribution in [0.5, 0.6) is 0 Å². The number of hydrogen-bond acceptors (Lipinski definition) is 3. The summed E-state index contributed by atoms with van der Waals surface area (Å²) in [7, 11) is 0. The van der Waals surface area contributed by atoms with E-state index >= 15 is 0 Å². The molecule has 0 fully saturated rings. The molecule has 0 aliphatic heterocycles. The monoisotopic (exact) mass is 367 g/mol. The zero-order valence-corrected chi connectivity index (χ0v) is 14.1. The zero-order valence-electron chi connectivity index (χ0n) is 14.1. The Balaban J connectivity index is 1.56. The fourth-order valence-corrected chi connectivity index (χ4v) is 2.43. The van der Waals surface area contributed by atoms with E-state index in [4.69, 9.17) is 0 Å². The largest absolute Gasteiger partial charge is 0.343 e. The van der Waals surface area contributed by atoms with Crippen LogP contribution in [0.2, 0.25) is 0 Å². The summed E-state index contributed by atoms with van der Waals surface area (Å²) in [6, 6.07) is 12.4. The molecule has 0 aliphatic rings. The topological polar surface area (TPSA) is 71.1 Å². The van der Waals surface area contributed by atoms with Crippen LogP contribution in [-0.4, -0.2) is 23.3 Å². The third-order valence-corrected chi connectivity index (χ3v) is 3.70. The molecule has 1 aromatic heterocycles. The number of anilines is 1. The highest BCUT2D eigenvalue weighted by molar-refractivity contribution is 5.99. The second-order valence-corrected chi connectivity index (χ2v) is 5.65. The Kier molecular flexibility index (Phi) is 5.51. The number of halogens is 2. The van der Waals surface area contributed by atoms with Crippen molar-refractivity contribution in [3.63, 3.8) is 0 Å². The van der Waals surface area contributed by atoms with Crippen molar-refractivity contribution in [1.29, 1.82) is 0 Å². The van der Waals surface area contributed by atoms with Gasteiger partial charge in [-0.25, -0.2) is 8.78 Å². The molecule has 27 heavy (non-hydrogen) atoms. The van der Waals surface area contributed by atoms with E-state index in [-0.39, 0.29) is 12.2 Å². The smallest absolute Gasteiger partial charge is 0.244 e. The van der Waals surface area contributed by atoms with E-state index in [0.717, 1.165) is 28.6 Å². The number of rotatable bonds is 5. The molecule has 0 saturated carbocycles. The average molecular weight is 367 g/mol. The van der Waals surface area contributed by atoms with Crippen molar-refractivity contribution in [1.82, 2.24) is 10.3 Å². The number of amides is 2. The Hall–Kier alpha value is -3.61. The number of nitrogens with one attached hydrogen (secondary N) is 2. The summed E-state index contributed by atoms with van der Waals surface area (Å²) in [5, 5.41) is 5.74. The second-order valence-electron chi connectivity index (χ2n) is 5.65. The first-order valence-electron chi connectivity index (χ1n) is 8.07. The lowest BCUT2D eigenvalue weighted by atomic mass is 10.1. The van der Waals surface area contributed by atoms with Crippen molar-refractivity contribution >= 4 is 34.5 Å². The quantitative estimate of drug-likeness (QED) is 0.680. The molecular formula is C20H15F2N3O2. The van der Waals surface area contributed by atoms with Crippen LogP contribution < -0.4 is 10.6 Å². The molecule has 0 aliphatic carbocycles. The lowest BCUT2D eigenvalue weighted by Crippen LogP contribution is -2.31. The summed E-state index contributed by atoms with van der Waals surface area (Å²) < 4.78 is 26.0. The third kappa shape index (κ3) is 4.72. The van der Waals surface area contributed by atoms with Gasteiger partial charge in [0.2, 0.25) is 11.8 Å². The van der Waals surface area contributed by atoms with E-state index in [2.05, 4.69) is 15.6 Å². The summed E-state index contributed by atoms with van der Waals surface area (Å²) in [6.45, 7) is -0.310. The van der Waals surface area contributed by atoms with Crippen LogP contribution >= 0.6 is 0 Å². The first kappa shape index (κ1) is 18.2. The molecule has 2 amide bonds. The van der Waals surface area contributed by atoms with Crippen LogP contribution in [0.1, 0.15) is 5.56 Å². The number of fused-ring (bicyclic) bond motifs is 1. The molecule has 0 radical (unpaired) electrons. The van der Waals surface area contributed by atoms with E-state index in [1.165, 1.54) is 12.1 Å². The summed E-state index contributed by atoms with van der Waals surface area (Å²) in [5.74, 6) is -3.10. The van der Waals surface area contributed by atoms with E-state index < -0.39 is 23.4 Å². The normalized spacial score (nSPS) is 10.9. The predicted octanol–water partition coefficient (Wildman–Crippen LogP) is 3.28. The van der Waals surface area contributed by atoms with Crippen LogP contribution in [0.15, 0.2) is 60.8 Å². The first-order chi connectivity index (χ1) is 13.0. The molecule has 3 rings (SSSR count). The number of nitrogens with zero attached hydrogens (tertiary/aromatic N) is 1. The molecular weight excluding hydrogens is 352 g/mol.